The number of carbonyl (C=O) groups excluding carboxylic acids is 1. The van der Waals surface area contributed by atoms with Gasteiger partial charge in [0.1, 0.15) is 24.4 Å². The van der Waals surface area contributed by atoms with E-state index in [-0.39, 0.29) is 12.5 Å². The summed E-state index contributed by atoms with van der Waals surface area (Å²) < 4.78 is 11.2. The van der Waals surface area contributed by atoms with Gasteiger partial charge in [0.15, 0.2) is 6.29 Å². The highest BCUT2D eigenvalue weighted by Crippen LogP contribution is 2.22. The number of nitrogens with one attached hydrogen (secondary N) is 1. The molecule has 6 N–H and O–H groups in total. The van der Waals surface area contributed by atoms with E-state index in [1.807, 2.05) is 6.08 Å². The molecule has 0 radical (unpaired) electrons. The van der Waals surface area contributed by atoms with Gasteiger partial charge in [0.2, 0.25) is 5.91 Å². The SMILES string of the molecule is CCCCCCCC/C=C\CCCCCCCCCCCC(=O)N[C@@H](CO[C@@H]1O[C@H](CO)[C@@H](O)[C@H](O)[C@H]1O)[C@H](O)/C=C/CCCCCCCCCCC. The standard InChI is InChI=1S/C44H83NO8/c1-3-5-7-9-11-13-15-16-17-18-19-20-21-22-24-26-28-30-32-34-40(48)45-37(36-52-44-43(51)42(50)41(49)39(35-46)53-44)38(47)33-31-29-27-25-23-14-12-10-8-6-4-2/h16-17,31,33,37-39,41-44,46-47,49-51H,3-15,18-30,32,34-36H2,1-2H3,(H,45,48)/b17-16-,33-31+/t37-,38+,39+,41+,42-,43+,44+/m0/s1. The molecule has 0 aromatic carbocycles. The Morgan fingerprint density at radius 2 is 1.06 bits per heavy atom. The first kappa shape index (κ1) is 49.7. The molecule has 9 heteroatoms. The zero-order valence-corrected chi connectivity index (χ0v) is 34.0. The van der Waals surface area contributed by atoms with Gasteiger partial charge in [-0.3, -0.25) is 4.79 Å². The fourth-order valence-corrected chi connectivity index (χ4v) is 6.91. The van der Waals surface area contributed by atoms with Crippen LogP contribution in [0.3, 0.4) is 0 Å². The Balaban J connectivity index is 2.34. The first-order valence-corrected chi connectivity index (χ1v) is 22.1. The number of rotatable bonds is 36. The van der Waals surface area contributed by atoms with E-state index in [1.54, 1.807) is 6.08 Å². The van der Waals surface area contributed by atoms with Crippen LogP contribution >= 0.6 is 0 Å². The molecule has 53 heavy (non-hydrogen) atoms. The minimum absolute atomic E-state index is 0.181. The van der Waals surface area contributed by atoms with Crippen LogP contribution in [0.15, 0.2) is 24.3 Å². The molecule has 1 heterocycles. The summed E-state index contributed by atoms with van der Waals surface area (Å²) in [5.41, 5.74) is 0. The van der Waals surface area contributed by atoms with E-state index in [4.69, 9.17) is 9.47 Å². The van der Waals surface area contributed by atoms with E-state index in [1.165, 1.54) is 135 Å². The smallest absolute Gasteiger partial charge is 0.220 e. The molecular weight excluding hydrogens is 670 g/mol. The maximum atomic E-state index is 12.9. The Morgan fingerprint density at radius 1 is 0.623 bits per heavy atom. The minimum Gasteiger partial charge on any atom is -0.394 e. The van der Waals surface area contributed by atoms with Crippen molar-refractivity contribution in [3.05, 3.63) is 24.3 Å². The largest absolute Gasteiger partial charge is 0.394 e. The van der Waals surface area contributed by atoms with Gasteiger partial charge < -0.3 is 40.3 Å². The third-order valence-corrected chi connectivity index (χ3v) is 10.5. The molecule has 1 aliphatic rings. The average molecular weight is 754 g/mol. The molecule has 0 saturated carbocycles. The third-order valence-electron chi connectivity index (χ3n) is 10.5. The average Bonchev–Trinajstić information content (AvgIpc) is 3.16. The number of hydrogen-bond donors (Lipinski definition) is 6. The first-order valence-electron chi connectivity index (χ1n) is 22.1. The second-order valence-electron chi connectivity index (χ2n) is 15.5. The predicted molar refractivity (Wildman–Crippen MR) is 217 cm³/mol. The number of ether oxygens (including phenoxy) is 2. The van der Waals surface area contributed by atoms with Crippen molar-refractivity contribution in [1.82, 2.24) is 5.32 Å². The fourth-order valence-electron chi connectivity index (χ4n) is 6.91. The van der Waals surface area contributed by atoms with E-state index >= 15 is 0 Å². The lowest BCUT2D eigenvalue weighted by Gasteiger charge is -2.40. The quantitative estimate of drug-likeness (QED) is 0.0275. The fraction of sp³-hybridized carbons (Fsp3) is 0.886. The van der Waals surface area contributed by atoms with Crippen LogP contribution in [-0.4, -0.2) is 87.5 Å². The number of amides is 1. The molecular formula is C44H83NO8. The molecule has 0 spiro atoms. The van der Waals surface area contributed by atoms with Crippen molar-refractivity contribution in [2.45, 2.75) is 236 Å². The van der Waals surface area contributed by atoms with Crippen LogP contribution in [0, 0.1) is 0 Å². The summed E-state index contributed by atoms with van der Waals surface area (Å²) in [6.45, 7) is 3.75. The van der Waals surface area contributed by atoms with Gasteiger partial charge in [-0.2, -0.15) is 0 Å². The maximum Gasteiger partial charge on any atom is 0.220 e. The number of allylic oxidation sites excluding steroid dienone is 3. The van der Waals surface area contributed by atoms with Crippen LogP contribution in [0.5, 0.6) is 0 Å². The monoisotopic (exact) mass is 754 g/mol. The highest BCUT2D eigenvalue weighted by Gasteiger charge is 2.44. The molecule has 1 aliphatic heterocycles. The van der Waals surface area contributed by atoms with Crippen LogP contribution < -0.4 is 5.32 Å². The van der Waals surface area contributed by atoms with Crippen LogP contribution in [0.4, 0.5) is 0 Å². The van der Waals surface area contributed by atoms with Gasteiger partial charge in [-0.05, 0) is 44.9 Å². The van der Waals surface area contributed by atoms with Crippen LogP contribution in [-0.2, 0) is 14.3 Å². The highest BCUT2D eigenvalue weighted by molar-refractivity contribution is 5.76. The van der Waals surface area contributed by atoms with Gasteiger partial charge in [0, 0.05) is 6.42 Å². The molecule has 0 bridgehead atoms. The second-order valence-corrected chi connectivity index (χ2v) is 15.5. The van der Waals surface area contributed by atoms with Crippen molar-refractivity contribution in [2.24, 2.45) is 0 Å². The molecule has 0 aliphatic carbocycles. The van der Waals surface area contributed by atoms with Crippen LogP contribution in [0.1, 0.15) is 194 Å². The van der Waals surface area contributed by atoms with Crippen molar-refractivity contribution >= 4 is 5.91 Å². The Labute approximate surface area is 324 Å². The number of hydrogen-bond acceptors (Lipinski definition) is 8. The predicted octanol–water partition coefficient (Wildman–Crippen LogP) is 8.72. The lowest BCUT2D eigenvalue weighted by molar-refractivity contribution is -0.302. The van der Waals surface area contributed by atoms with Gasteiger partial charge in [0.05, 0.1) is 25.4 Å². The summed E-state index contributed by atoms with van der Waals surface area (Å²) >= 11 is 0. The molecule has 0 unspecified atom stereocenters. The molecule has 9 nitrogen and oxygen atoms in total. The molecule has 1 rings (SSSR count). The van der Waals surface area contributed by atoms with E-state index < -0.39 is 49.5 Å². The van der Waals surface area contributed by atoms with Gasteiger partial charge in [-0.15, -0.1) is 0 Å². The number of aliphatic hydroxyl groups excluding tert-OH is 5. The third kappa shape index (κ3) is 26.2. The molecule has 0 aromatic heterocycles. The van der Waals surface area contributed by atoms with Gasteiger partial charge in [-0.25, -0.2) is 0 Å². The van der Waals surface area contributed by atoms with Crippen molar-refractivity contribution in [3.8, 4) is 0 Å². The van der Waals surface area contributed by atoms with Gasteiger partial charge in [0.25, 0.3) is 0 Å². The molecule has 1 fully saturated rings. The number of unbranched alkanes of at least 4 members (excludes halogenated alkanes) is 24. The van der Waals surface area contributed by atoms with Gasteiger partial charge >= 0.3 is 0 Å². The molecule has 312 valence electrons. The highest BCUT2D eigenvalue weighted by atomic mass is 16.7. The summed E-state index contributed by atoms with van der Waals surface area (Å²) in [4.78, 5) is 12.9. The van der Waals surface area contributed by atoms with Crippen LogP contribution in [0.25, 0.3) is 0 Å². The Kier molecular flexibility index (Phi) is 32.9. The summed E-state index contributed by atoms with van der Waals surface area (Å²) in [7, 11) is 0. The zero-order valence-electron chi connectivity index (χ0n) is 34.0. The Bertz CT molecular complexity index is 883. The number of aliphatic hydroxyl groups is 5. The summed E-state index contributed by atoms with van der Waals surface area (Å²) in [6.07, 6.45) is 33.6. The zero-order chi connectivity index (χ0) is 38.8. The second kappa shape index (κ2) is 35.1. The molecule has 1 amide bonds. The van der Waals surface area contributed by atoms with E-state index in [2.05, 4.69) is 31.3 Å². The molecule has 7 atom stereocenters. The Morgan fingerprint density at radius 3 is 1.53 bits per heavy atom. The van der Waals surface area contributed by atoms with E-state index in [0.717, 1.165) is 38.5 Å². The lowest BCUT2D eigenvalue weighted by Crippen LogP contribution is -2.60. The summed E-state index contributed by atoms with van der Waals surface area (Å²) in [5.74, 6) is -0.181. The van der Waals surface area contributed by atoms with E-state index in [0.29, 0.717) is 6.42 Å². The summed E-state index contributed by atoms with van der Waals surface area (Å²) in [6, 6.07) is -0.801. The molecule has 0 aromatic rings. The first-order chi connectivity index (χ1) is 25.8. The lowest BCUT2D eigenvalue weighted by atomic mass is 9.99. The van der Waals surface area contributed by atoms with Gasteiger partial charge in [-0.1, -0.05) is 167 Å². The normalized spacial score (nSPS) is 21.8. The van der Waals surface area contributed by atoms with Crippen molar-refractivity contribution in [3.63, 3.8) is 0 Å². The van der Waals surface area contributed by atoms with Crippen molar-refractivity contribution in [1.29, 1.82) is 0 Å². The topological polar surface area (TPSA) is 149 Å². The van der Waals surface area contributed by atoms with Crippen molar-refractivity contribution < 1.29 is 39.8 Å². The maximum absolute atomic E-state index is 12.9. The van der Waals surface area contributed by atoms with Crippen LogP contribution in [0.2, 0.25) is 0 Å². The van der Waals surface area contributed by atoms with Crippen molar-refractivity contribution in [2.75, 3.05) is 13.2 Å². The summed E-state index contributed by atoms with van der Waals surface area (Å²) in [5, 5.41) is 54.0. The minimum atomic E-state index is -1.56. The Hall–Kier alpha value is -1.33. The van der Waals surface area contributed by atoms with E-state index in [9.17, 15) is 30.3 Å². The molecule has 1 saturated heterocycles. The number of carbonyl (C=O) groups is 1.